The molecule has 0 spiro atoms. The van der Waals surface area contributed by atoms with Crippen LogP contribution in [0.4, 0.5) is 11.4 Å². The maximum absolute atomic E-state index is 10.5. The Morgan fingerprint density at radius 2 is 0.955 bits per heavy atom. The van der Waals surface area contributed by atoms with E-state index in [0.717, 1.165) is 9.79 Å². The predicted octanol–water partition coefficient (Wildman–Crippen LogP) is 5.60. The molecule has 0 saturated carbocycles. The van der Waals surface area contributed by atoms with E-state index >= 15 is 0 Å². The van der Waals surface area contributed by atoms with Gasteiger partial charge in [0.05, 0.1) is 9.85 Å². The van der Waals surface area contributed by atoms with E-state index in [-0.39, 0.29) is 11.4 Å². The maximum atomic E-state index is 10.5. The molecule has 114 valence electrons. The third-order valence-corrected chi connectivity index (χ3v) is 8.46. The summed E-state index contributed by atoms with van der Waals surface area (Å²) in [4.78, 5) is 22.1. The standard InChI is InChI=1S/C12H8N2O4S4/c15-13(16)9-1-5-11(6-2-9)19-21-22-20-12-7-3-10(4-8-12)14(17)18/h1-8H. The molecule has 0 fully saturated rings. The third kappa shape index (κ3) is 5.13. The van der Waals surface area contributed by atoms with Crippen LogP contribution in [0.3, 0.4) is 0 Å². The van der Waals surface area contributed by atoms with Crippen LogP contribution in [-0.4, -0.2) is 9.85 Å². The van der Waals surface area contributed by atoms with Crippen LogP contribution in [-0.2, 0) is 0 Å². The lowest BCUT2D eigenvalue weighted by Gasteiger charge is -2.00. The van der Waals surface area contributed by atoms with Crippen molar-refractivity contribution in [3.63, 3.8) is 0 Å². The van der Waals surface area contributed by atoms with Crippen LogP contribution in [0.15, 0.2) is 58.3 Å². The van der Waals surface area contributed by atoms with Gasteiger partial charge in [-0.05, 0) is 65.5 Å². The maximum Gasteiger partial charge on any atom is 0.269 e. The van der Waals surface area contributed by atoms with Gasteiger partial charge in [0, 0.05) is 34.1 Å². The largest absolute Gasteiger partial charge is 0.269 e. The van der Waals surface area contributed by atoms with Crippen molar-refractivity contribution in [1.82, 2.24) is 0 Å². The summed E-state index contributed by atoms with van der Waals surface area (Å²) >= 11 is 0. The Labute approximate surface area is 140 Å². The molecule has 2 aromatic rings. The van der Waals surface area contributed by atoms with Crippen molar-refractivity contribution < 1.29 is 9.85 Å². The Kier molecular flexibility index (Phi) is 6.43. The first kappa shape index (κ1) is 17.0. The molecule has 0 aromatic heterocycles. The Morgan fingerprint density at radius 3 is 1.23 bits per heavy atom. The average Bonchev–Trinajstić information content (AvgIpc) is 2.52. The zero-order valence-electron chi connectivity index (χ0n) is 10.8. The molecule has 0 unspecified atom stereocenters. The number of rotatable bonds is 7. The third-order valence-electron chi connectivity index (χ3n) is 2.38. The summed E-state index contributed by atoms with van der Waals surface area (Å²) in [6, 6.07) is 12.7. The second kappa shape index (κ2) is 8.32. The SMILES string of the molecule is O=[N+]([O-])c1ccc(SSSSc2ccc([N+](=O)[O-])cc2)cc1. The van der Waals surface area contributed by atoms with E-state index in [1.807, 2.05) is 0 Å². The molecular weight excluding hydrogens is 364 g/mol. The Morgan fingerprint density at radius 1 is 0.636 bits per heavy atom. The monoisotopic (exact) mass is 372 g/mol. The smallest absolute Gasteiger partial charge is 0.258 e. The molecule has 0 aliphatic heterocycles. The zero-order valence-corrected chi connectivity index (χ0v) is 14.0. The van der Waals surface area contributed by atoms with Crippen molar-refractivity contribution in [2.45, 2.75) is 9.79 Å². The first-order valence-electron chi connectivity index (χ1n) is 5.73. The minimum atomic E-state index is -0.430. The first-order chi connectivity index (χ1) is 10.6. The van der Waals surface area contributed by atoms with E-state index in [1.54, 1.807) is 24.3 Å². The van der Waals surface area contributed by atoms with Crippen molar-refractivity contribution in [2.24, 2.45) is 0 Å². The summed E-state index contributed by atoms with van der Waals surface area (Å²) in [5, 5.41) is 21.1. The molecule has 2 aromatic carbocycles. The van der Waals surface area contributed by atoms with Gasteiger partial charge in [-0.1, -0.05) is 0 Å². The molecule has 0 heterocycles. The van der Waals surface area contributed by atoms with E-state index in [9.17, 15) is 20.2 Å². The van der Waals surface area contributed by atoms with Gasteiger partial charge in [0.15, 0.2) is 0 Å². The van der Waals surface area contributed by atoms with Gasteiger partial charge in [-0.3, -0.25) is 20.2 Å². The fraction of sp³-hybridized carbons (Fsp3) is 0. The molecule has 2 rings (SSSR count). The molecule has 0 bridgehead atoms. The molecule has 10 heteroatoms. The molecule has 0 aliphatic rings. The van der Waals surface area contributed by atoms with Gasteiger partial charge in [0.1, 0.15) is 0 Å². The fourth-order valence-corrected chi connectivity index (χ4v) is 6.78. The van der Waals surface area contributed by atoms with E-state index in [0.29, 0.717) is 0 Å². The highest BCUT2D eigenvalue weighted by atomic mass is 33.7. The average molecular weight is 372 g/mol. The van der Waals surface area contributed by atoms with Crippen LogP contribution >= 0.6 is 41.2 Å². The highest BCUT2D eigenvalue weighted by molar-refractivity contribution is 9.26. The van der Waals surface area contributed by atoms with Gasteiger partial charge in [0.25, 0.3) is 11.4 Å². The van der Waals surface area contributed by atoms with Gasteiger partial charge in [-0.15, -0.1) is 0 Å². The lowest BCUT2D eigenvalue weighted by molar-refractivity contribution is -0.385. The van der Waals surface area contributed by atoms with Gasteiger partial charge < -0.3 is 0 Å². The van der Waals surface area contributed by atoms with Crippen LogP contribution in [0.5, 0.6) is 0 Å². The fourth-order valence-electron chi connectivity index (χ4n) is 1.35. The van der Waals surface area contributed by atoms with Crippen LogP contribution in [0.2, 0.25) is 0 Å². The van der Waals surface area contributed by atoms with E-state index in [1.165, 1.54) is 65.5 Å². The second-order valence-electron chi connectivity index (χ2n) is 3.80. The first-order valence-corrected chi connectivity index (χ1v) is 10.5. The molecule has 0 amide bonds. The van der Waals surface area contributed by atoms with Gasteiger partial charge in [-0.2, -0.15) is 0 Å². The molecule has 22 heavy (non-hydrogen) atoms. The van der Waals surface area contributed by atoms with Crippen molar-refractivity contribution in [3.8, 4) is 0 Å². The van der Waals surface area contributed by atoms with E-state index < -0.39 is 9.85 Å². The lowest BCUT2D eigenvalue weighted by Crippen LogP contribution is -1.86. The number of hydrogen-bond acceptors (Lipinski definition) is 8. The molecule has 0 radical (unpaired) electrons. The Bertz CT molecular complexity index is 604. The van der Waals surface area contributed by atoms with Gasteiger partial charge in [-0.25, -0.2) is 0 Å². The second-order valence-corrected chi connectivity index (χ2v) is 9.62. The predicted molar refractivity (Wildman–Crippen MR) is 93.1 cm³/mol. The highest BCUT2D eigenvalue weighted by Gasteiger charge is 2.06. The van der Waals surface area contributed by atoms with Gasteiger partial charge >= 0.3 is 0 Å². The minimum absolute atomic E-state index is 0.0715. The molecule has 0 saturated heterocycles. The van der Waals surface area contributed by atoms with Gasteiger partial charge in [0.2, 0.25) is 0 Å². The van der Waals surface area contributed by atoms with Crippen molar-refractivity contribution in [2.75, 3.05) is 0 Å². The van der Waals surface area contributed by atoms with Crippen molar-refractivity contribution >= 4 is 52.6 Å². The quantitative estimate of drug-likeness (QED) is 0.269. The number of nitrogens with zero attached hydrogens (tertiary/aromatic N) is 2. The molecule has 0 aliphatic carbocycles. The van der Waals surface area contributed by atoms with Crippen molar-refractivity contribution in [1.29, 1.82) is 0 Å². The van der Waals surface area contributed by atoms with Crippen LogP contribution in [0.1, 0.15) is 0 Å². The lowest BCUT2D eigenvalue weighted by atomic mass is 10.3. The summed E-state index contributed by atoms with van der Waals surface area (Å²) < 4.78 is 0. The Balaban J connectivity index is 1.77. The summed E-state index contributed by atoms with van der Waals surface area (Å²) in [6.07, 6.45) is 0. The summed E-state index contributed by atoms with van der Waals surface area (Å²) in [7, 11) is 6.03. The number of nitro groups is 2. The molecular formula is C12H8N2O4S4. The summed E-state index contributed by atoms with van der Waals surface area (Å²) in [5.41, 5.74) is 0.143. The number of benzene rings is 2. The van der Waals surface area contributed by atoms with Crippen LogP contribution in [0, 0.1) is 20.2 Å². The Hall–Kier alpha value is -1.36. The topological polar surface area (TPSA) is 86.3 Å². The zero-order chi connectivity index (χ0) is 15.9. The number of nitro benzene ring substituents is 2. The highest BCUT2D eigenvalue weighted by Crippen LogP contribution is 2.49. The van der Waals surface area contributed by atoms with Crippen LogP contribution in [0.25, 0.3) is 0 Å². The minimum Gasteiger partial charge on any atom is -0.258 e. The van der Waals surface area contributed by atoms with Crippen LogP contribution < -0.4 is 0 Å². The van der Waals surface area contributed by atoms with E-state index in [4.69, 9.17) is 0 Å². The normalized spacial score (nSPS) is 10.4. The van der Waals surface area contributed by atoms with E-state index in [2.05, 4.69) is 0 Å². The summed E-state index contributed by atoms with van der Waals surface area (Å²) in [6.45, 7) is 0. The molecule has 0 atom stereocenters. The molecule has 0 N–H and O–H groups in total. The van der Waals surface area contributed by atoms with Crippen molar-refractivity contribution in [3.05, 3.63) is 68.8 Å². The number of non-ortho nitro benzene ring substituents is 2. The molecule has 6 nitrogen and oxygen atoms in total. The summed E-state index contributed by atoms with van der Waals surface area (Å²) in [5.74, 6) is 0. The number of hydrogen-bond donors (Lipinski definition) is 0.